The Kier molecular flexibility index (Phi) is 7.05. The second-order valence-electron chi connectivity index (χ2n) is 7.50. The topological polar surface area (TPSA) is 60.5 Å². The van der Waals surface area contributed by atoms with Gasteiger partial charge >= 0.3 is 0 Å². The Balaban J connectivity index is 1.60. The molecular weight excluding hydrogens is 432 g/mol. The van der Waals surface area contributed by atoms with Crippen molar-refractivity contribution in [3.05, 3.63) is 83.2 Å². The van der Waals surface area contributed by atoms with Crippen molar-refractivity contribution < 1.29 is 14.3 Å². The Labute approximate surface area is 198 Å². The van der Waals surface area contributed by atoms with E-state index in [0.717, 1.165) is 45.9 Å². The number of rotatable bonds is 8. The van der Waals surface area contributed by atoms with E-state index in [4.69, 9.17) is 14.5 Å². The lowest BCUT2D eigenvalue weighted by Crippen LogP contribution is -2.11. The van der Waals surface area contributed by atoms with Gasteiger partial charge in [-0.25, -0.2) is 4.98 Å². The van der Waals surface area contributed by atoms with E-state index in [2.05, 4.69) is 12.2 Å². The van der Waals surface area contributed by atoms with Gasteiger partial charge in [-0.2, -0.15) is 0 Å². The molecule has 0 unspecified atom stereocenters. The number of thiazole rings is 1. The molecule has 0 aliphatic heterocycles. The summed E-state index contributed by atoms with van der Waals surface area (Å²) in [6.45, 7) is 2.12. The van der Waals surface area contributed by atoms with E-state index in [1.165, 1.54) is 11.3 Å². The highest BCUT2D eigenvalue weighted by Gasteiger charge is 2.19. The molecule has 5 nitrogen and oxygen atoms in total. The predicted molar refractivity (Wildman–Crippen MR) is 134 cm³/mol. The zero-order chi connectivity index (χ0) is 23.2. The van der Waals surface area contributed by atoms with Crippen LogP contribution in [0.3, 0.4) is 0 Å². The standard InChI is InChI=1S/C27H26N2O3S/c1-4-8-24-25(22-17-21(31-2)15-16-23(22)32-3)28-27(33-24)29-26(30)20-13-11-19(12-14-20)18-9-6-5-7-10-18/h5-7,9-17H,4,8H2,1-3H3,(H,28,29,30). The van der Waals surface area contributed by atoms with Gasteiger partial charge in [0.15, 0.2) is 5.13 Å². The number of carbonyl (C=O) groups excluding carboxylic acids is 1. The van der Waals surface area contributed by atoms with Crippen LogP contribution in [0.4, 0.5) is 5.13 Å². The number of anilines is 1. The van der Waals surface area contributed by atoms with Crippen LogP contribution in [0.2, 0.25) is 0 Å². The number of methoxy groups -OCH3 is 2. The average Bonchev–Trinajstić information content (AvgIpc) is 3.26. The van der Waals surface area contributed by atoms with Gasteiger partial charge in [0.25, 0.3) is 5.91 Å². The first-order chi connectivity index (χ1) is 16.1. The molecule has 0 aliphatic carbocycles. The van der Waals surface area contributed by atoms with Crippen molar-refractivity contribution >= 4 is 22.4 Å². The van der Waals surface area contributed by atoms with Crippen LogP contribution in [0.1, 0.15) is 28.6 Å². The molecule has 1 amide bonds. The van der Waals surface area contributed by atoms with Crippen molar-refractivity contribution in [2.75, 3.05) is 19.5 Å². The monoisotopic (exact) mass is 458 g/mol. The maximum Gasteiger partial charge on any atom is 0.257 e. The van der Waals surface area contributed by atoms with E-state index in [0.29, 0.717) is 16.4 Å². The van der Waals surface area contributed by atoms with Crippen LogP contribution >= 0.6 is 11.3 Å². The fourth-order valence-corrected chi connectivity index (χ4v) is 4.70. The number of aryl methyl sites for hydroxylation is 1. The summed E-state index contributed by atoms with van der Waals surface area (Å²) in [5, 5.41) is 3.53. The number of carbonyl (C=O) groups is 1. The molecule has 4 aromatic rings. The number of nitrogens with zero attached hydrogens (tertiary/aromatic N) is 1. The lowest BCUT2D eigenvalue weighted by molar-refractivity contribution is 0.102. The van der Waals surface area contributed by atoms with E-state index in [1.54, 1.807) is 14.2 Å². The van der Waals surface area contributed by atoms with Crippen LogP contribution in [0.5, 0.6) is 11.5 Å². The van der Waals surface area contributed by atoms with E-state index >= 15 is 0 Å². The number of nitrogens with one attached hydrogen (secondary N) is 1. The molecule has 1 heterocycles. The fraction of sp³-hybridized carbons (Fsp3) is 0.185. The van der Waals surface area contributed by atoms with Gasteiger partial charge in [-0.3, -0.25) is 10.1 Å². The molecule has 0 bridgehead atoms. The van der Waals surface area contributed by atoms with Crippen molar-refractivity contribution in [3.63, 3.8) is 0 Å². The van der Waals surface area contributed by atoms with Gasteiger partial charge < -0.3 is 9.47 Å². The number of benzene rings is 3. The smallest absolute Gasteiger partial charge is 0.257 e. The Morgan fingerprint density at radius 1 is 0.939 bits per heavy atom. The molecule has 0 fully saturated rings. The summed E-state index contributed by atoms with van der Waals surface area (Å²) in [5.41, 5.74) is 4.43. The van der Waals surface area contributed by atoms with Crippen molar-refractivity contribution in [1.29, 1.82) is 0 Å². The van der Waals surface area contributed by atoms with Crippen LogP contribution in [-0.4, -0.2) is 25.1 Å². The zero-order valence-electron chi connectivity index (χ0n) is 18.9. The van der Waals surface area contributed by atoms with Gasteiger partial charge in [0, 0.05) is 16.0 Å². The Hall–Kier alpha value is -3.64. The molecule has 0 radical (unpaired) electrons. The first-order valence-corrected chi connectivity index (χ1v) is 11.6. The van der Waals surface area contributed by atoms with Gasteiger partial charge in [-0.15, -0.1) is 11.3 Å². The van der Waals surface area contributed by atoms with Gasteiger partial charge in [-0.1, -0.05) is 55.8 Å². The number of hydrogen-bond donors (Lipinski definition) is 1. The number of ether oxygens (including phenoxy) is 2. The molecule has 6 heteroatoms. The second kappa shape index (κ2) is 10.3. The van der Waals surface area contributed by atoms with Crippen molar-refractivity contribution in [2.24, 2.45) is 0 Å². The average molecular weight is 459 g/mol. The lowest BCUT2D eigenvalue weighted by Gasteiger charge is -2.10. The van der Waals surface area contributed by atoms with Gasteiger partial charge in [0.05, 0.1) is 19.9 Å². The molecule has 0 saturated carbocycles. The summed E-state index contributed by atoms with van der Waals surface area (Å²) >= 11 is 1.50. The third-order valence-electron chi connectivity index (χ3n) is 5.31. The van der Waals surface area contributed by atoms with E-state index in [9.17, 15) is 4.79 Å². The molecular formula is C27H26N2O3S. The highest BCUT2D eigenvalue weighted by molar-refractivity contribution is 7.16. The first kappa shape index (κ1) is 22.6. The summed E-state index contributed by atoms with van der Waals surface area (Å²) in [4.78, 5) is 18.8. The molecule has 0 atom stereocenters. The maximum atomic E-state index is 12.9. The molecule has 33 heavy (non-hydrogen) atoms. The zero-order valence-corrected chi connectivity index (χ0v) is 19.7. The molecule has 1 N–H and O–H groups in total. The fourth-order valence-electron chi connectivity index (χ4n) is 3.63. The van der Waals surface area contributed by atoms with E-state index < -0.39 is 0 Å². The molecule has 0 aliphatic rings. The number of aromatic nitrogens is 1. The Bertz CT molecular complexity index is 1230. The number of hydrogen-bond acceptors (Lipinski definition) is 5. The normalized spacial score (nSPS) is 10.6. The quantitative estimate of drug-likeness (QED) is 0.319. The third-order valence-corrected chi connectivity index (χ3v) is 6.34. The van der Waals surface area contributed by atoms with Crippen LogP contribution in [0.25, 0.3) is 22.4 Å². The molecule has 168 valence electrons. The summed E-state index contributed by atoms with van der Waals surface area (Å²) in [7, 11) is 3.27. The summed E-state index contributed by atoms with van der Waals surface area (Å²) in [5.74, 6) is 1.26. The molecule has 4 rings (SSSR count). The highest BCUT2D eigenvalue weighted by atomic mass is 32.1. The Morgan fingerprint density at radius 2 is 1.67 bits per heavy atom. The summed E-state index contributed by atoms with van der Waals surface area (Å²) in [6, 6.07) is 23.3. The second-order valence-corrected chi connectivity index (χ2v) is 8.59. The minimum atomic E-state index is -0.185. The van der Waals surface area contributed by atoms with Gasteiger partial charge in [0.2, 0.25) is 0 Å². The third kappa shape index (κ3) is 5.07. The van der Waals surface area contributed by atoms with Crippen LogP contribution in [0, 0.1) is 0 Å². The highest BCUT2D eigenvalue weighted by Crippen LogP contribution is 2.39. The van der Waals surface area contributed by atoms with Crippen molar-refractivity contribution in [3.8, 4) is 33.9 Å². The van der Waals surface area contributed by atoms with E-state index in [-0.39, 0.29) is 5.91 Å². The lowest BCUT2D eigenvalue weighted by atomic mass is 10.0. The summed E-state index contributed by atoms with van der Waals surface area (Å²) in [6.07, 6.45) is 1.82. The maximum absolute atomic E-state index is 12.9. The molecule has 0 spiro atoms. The largest absolute Gasteiger partial charge is 0.497 e. The van der Waals surface area contributed by atoms with Crippen molar-refractivity contribution in [2.45, 2.75) is 19.8 Å². The van der Waals surface area contributed by atoms with Gasteiger partial charge in [-0.05, 0) is 47.9 Å². The van der Waals surface area contributed by atoms with Crippen molar-refractivity contribution in [1.82, 2.24) is 4.98 Å². The van der Waals surface area contributed by atoms with E-state index in [1.807, 2.05) is 72.8 Å². The SMILES string of the molecule is CCCc1sc(NC(=O)c2ccc(-c3ccccc3)cc2)nc1-c1cc(OC)ccc1OC. The molecule has 1 aromatic heterocycles. The van der Waals surface area contributed by atoms with Crippen LogP contribution < -0.4 is 14.8 Å². The minimum Gasteiger partial charge on any atom is -0.497 e. The predicted octanol–water partition coefficient (Wildman–Crippen LogP) is 6.70. The minimum absolute atomic E-state index is 0.185. The summed E-state index contributed by atoms with van der Waals surface area (Å²) < 4.78 is 11.0. The first-order valence-electron chi connectivity index (χ1n) is 10.8. The van der Waals surface area contributed by atoms with Crippen LogP contribution in [0.15, 0.2) is 72.8 Å². The number of amides is 1. The van der Waals surface area contributed by atoms with Crippen LogP contribution in [-0.2, 0) is 6.42 Å². The Morgan fingerprint density at radius 3 is 2.33 bits per heavy atom. The molecule has 0 saturated heterocycles. The molecule has 3 aromatic carbocycles. The van der Waals surface area contributed by atoms with Gasteiger partial charge in [0.1, 0.15) is 11.5 Å².